The molecule has 0 rings (SSSR count). The first-order valence-electron chi connectivity index (χ1n) is 11.0. The fourth-order valence-electron chi connectivity index (χ4n) is 1.80. The van der Waals surface area contributed by atoms with E-state index in [-0.39, 0.29) is 31.8 Å². The Labute approximate surface area is 191 Å². The molecule has 11 heteroatoms. The van der Waals surface area contributed by atoms with Gasteiger partial charge in [0.1, 0.15) is 13.2 Å². The summed E-state index contributed by atoms with van der Waals surface area (Å²) in [7, 11) is 0. The molecule has 1 N–H and O–H groups in total. The molecule has 192 valence electrons. The monoisotopic (exact) mass is 470 g/mol. The van der Waals surface area contributed by atoms with Crippen molar-refractivity contribution in [2.75, 3.05) is 99.1 Å². The van der Waals surface area contributed by atoms with Gasteiger partial charge >= 0.3 is 11.9 Å². The quantitative estimate of drug-likeness (QED) is 0.176. The fourth-order valence-corrected chi connectivity index (χ4v) is 1.80. The van der Waals surface area contributed by atoms with Gasteiger partial charge in [0.2, 0.25) is 0 Å². The lowest BCUT2D eigenvalue weighted by atomic mass is 10.5. The van der Waals surface area contributed by atoms with E-state index in [2.05, 4.69) is 16.4 Å². The molecule has 0 aliphatic rings. The largest absolute Gasteiger partial charge is 0.464 e. The van der Waals surface area contributed by atoms with Crippen molar-refractivity contribution >= 4 is 11.9 Å². The molecule has 32 heavy (non-hydrogen) atoms. The fraction of sp³-hybridized carbons (Fsp3) is 0.905. The molecule has 11 nitrogen and oxygen atoms in total. The van der Waals surface area contributed by atoms with Crippen LogP contribution in [0.1, 0.15) is 27.2 Å². The Balaban J connectivity index is 0. The van der Waals surface area contributed by atoms with Crippen LogP contribution in [-0.2, 0) is 47.5 Å². The number of aliphatic hydroxyl groups excluding tert-OH is 1. The molecular weight excluding hydrogens is 428 g/mol. The van der Waals surface area contributed by atoms with Crippen molar-refractivity contribution in [2.24, 2.45) is 0 Å². The van der Waals surface area contributed by atoms with E-state index in [9.17, 15) is 9.59 Å². The highest BCUT2D eigenvalue weighted by atomic mass is 16.6. The molecular formula is C21H42O11. The summed E-state index contributed by atoms with van der Waals surface area (Å²) in [6.45, 7) is 11.0. The van der Waals surface area contributed by atoms with Crippen LogP contribution < -0.4 is 0 Å². The highest BCUT2D eigenvalue weighted by molar-refractivity contribution is 5.70. The molecule has 0 aliphatic heterocycles. The van der Waals surface area contributed by atoms with Gasteiger partial charge in [0.25, 0.3) is 0 Å². The van der Waals surface area contributed by atoms with Crippen LogP contribution >= 0.6 is 0 Å². The van der Waals surface area contributed by atoms with Crippen molar-refractivity contribution in [3.8, 4) is 0 Å². The molecule has 0 fully saturated rings. The van der Waals surface area contributed by atoms with Gasteiger partial charge in [-0.3, -0.25) is 0 Å². The second-order valence-electron chi connectivity index (χ2n) is 5.89. The van der Waals surface area contributed by atoms with Crippen LogP contribution in [0.4, 0.5) is 0 Å². The van der Waals surface area contributed by atoms with Crippen LogP contribution in [0, 0.1) is 0 Å². The zero-order valence-corrected chi connectivity index (χ0v) is 19.8. The second-order valence-corrected chi connectivity index (χ2v) is 5.89. The third-order valence-corrected chi connectivity index (χ3v) is 3.12. The van der Waals surface area contributed by atoms with Crippen LogP contribution in [0.2, 0.25) is 0 Å². The predicted molar refractivity (Wildman–Crippen MR) is 116 cm³/mol. The molecule has 0 amide bonds. The minimum atomic E-state index is -0.367. The van der Waals surface area contributed by atoms with Crippen molar-refractivity contribution in [1.29, 1.82) is 0 Å². The van der Waals surface area contributed by atoms with E-state index >= 15 is 0 Å². The third-order valence-electron chi connectivity index (χ3n) is 3.12. The number of ether oxygens (including phenoxy) is 8. The Bertz CT molecular complexity index is 358. The smallest absolute Gasteiger partial charge is 0.332 e. The maximum absolute atomic E-state index is 10.8. The Morgan fingerprint density at radius 3 is 1.22 bits per heavy atom. The lowest BCUT2D eigenvalue weighted by Crippen LogP contribution is -2.16. The highest BCUT2D eigenvalue weighted by Crippen LogP contribution is 1.85. The van der Waals surface area contributed by atoms with Gasteiger partial charge in [-0.15, -0.1) is 0 Å². The Kier molecular flexibility index (Phi) is 30.4. The summed E-state index contributed by atoms with van der Waals surface area (Å²) in [5.41, 5.74) is 0. The Morgan fingerprint density at radius 2 is 0.875 bits per heavy atom. The molecule has 0 aromatic rings. The van der Waals surface area contributed by atoms with Crippen molar-refractivity contribution in [3.63, 3.8) is 0 Å². The van der Waals surface area contributed by atoms with Gasteiger partial charge in [-0.1, -0.05) is 6.92 Å². The highest BCUT2D eigenvalue weighted by Gasteiger charge is 2.01. The minimum absolute atomic E-state index is 0.0104. The van der Waals surface area contributed by atoms with Gasteiger partial charge in [0, 0.05) is 6.61 Å². The Hall–Kier alpha value is -1.34. The molecule has 0 heterocycles. The van der Waals surface area contributed by atoms with E-state index in [0.717, 1.165) is 13.0 Å². The molecule has 0 radical (unpaired) electrons. The lowest BCUT2D eigenvalue weighted by molar-refractivity contribution is -0.149. The van der Waals surface area contributed by atoms with E-state index < -0.39 is 0 Å². The van der Waals surface area contributed by atoms with Crippen molar-refractivity contribution < 1.29 is 52.6 Å². The molecule has 0 aliphatic carbocycles. The minimum Gasteiger partial charge on any atom is -0.464 e. The molecule has 0 saturated carbocycles. The summed E-state index contributed by atoms with van der Waals surface area (Å²) in [6, 6.07) is 0. The summed E-state index contributed by atoms with van der Waals surface area (Å²) in [5, 5.41) is 8.41. The number of esters is 2. The van der Waals surface area contributed by atoms with Crippen LogP contribution in [0.5, 0.6) is 0 Å². The summed E-state index contributed by atoms with van der Waals surface area (Å²) in [5.74, 6) is -0.706. The number of hydrogen-bond donors (Lipinski definition) is 1. The summed E-state index contributed by atoms with van der Waals surface area (Å²) < 4.78 is 39.9. The van der Waals surface area contributed by atoms with Crippen molar-refractivity contribution in [2.45, 2.75) is 27.2 Å². The SMILES string of the molecule is CCCOCCOCCOCC(=O)OCC.CCOC(=O)COCCOCCOCCO. The predicted octanol–water partition coefficient (Wildman–Crippen LogP) is 0.601. The standard InChI is InChI=1S/C11H22O5.C10H20O6/c1-3-5-13-6-7-14-8-9-15-10-11(12)16-4-2;1-2-16-10(12)9-15-8-7-14-6-5-13-4-3-11/h3-10H2,1-2H3;11H,2-9H2,1H3. The van der Waals surface area contributed by atoms with Gasteiger partial charge in [-0.25, -0.2) is 9.59 Å². The van der Waals surface area contributed by atoms with E-state index in [1.54, 1.807) is 13.8 Å². The van der Waals surface area contributed by atoms with Crippen molar-refractivity contribution in [1.82, 2.24) is 0 Å². The maximum atomic E-state index is 10.8. The third kappa shape index (κ3) is 30.9. The number of hydrogen-bond acceptors (Lipinski definition) is 11. The van der Waals surface area contributed by atoms with Gasteiger partial charge in [-0.05, 0) is 20.3 Å². The second kappa shape index (κ2) is 29.7. The van der Waals surface area contributed by atoms with Gasteiger partial charge in [0.05, 0.1) is 79.3 Å². The zero-order chi connectivity index (χ0) is 24.1. The van der Waals surface area contributed by atoms with Crippen LogP contribution in [-0.4, -0.2) is 116 Å². The maximum Gasteiger partial charge on any atom is 0.332 e. The number of carbonyl (C=O) groups excluding carboxylic acids is 2. The summed E-state index contributed by atoms with van der Waals surface area (Å²) in [4.78, 5) is 21.7. The summed E-state index contributed by atoms with van der Waals surface area (Å²) >= 11 is 0. The molecule has 0 spiro atoms. The molecule has 0 aromatic heterocycles. The van der Waals surface area contributed by atoms with E-state index in [1.165, 1.54) is 0 Å². The normalized spacial score (nSPS) is 10.4. The molecule has 0 aromatic carbocycles. The first-order valence-corrected chi connectivity index (χ1v) is 11.0. The van der Waals surface area contributed by atoms with Crippen LogP contribution in [0.25, 0.3) is 0 Å². The summed E-state index contributed by atoms with van der Waals surface area (Å²) in [6.07, 6.45) is 1.02. The first kappa shape index (κ1) is 32.8. The molecule has 0 saturated heterocycles. The molecule has 0 atom stereocenters. The van der Waals surface area contributed by atoms with E-state index in [0.29, 0.717) is 72.7 Å². The Morgan fingerprint density at radius 1 is 0.531 bits per heavy atom. The van der Waals surface area contributed by atoms with Gasteiger partial charge < -0.3 is 43.0 Å². The number of carbonyl (C=O) groups is 2. The van der Waals surface area contributed by atoms with Crippen LogP contribution in [0.15, 0.2) is 0 Å². The number of aliphatic hydroxyl groups is 1. The zero-order valence-electron chi connectivity index (χ0n) is 19.8. The lowest BCUT2D eigenvalue weighted by Gasteiger charge is -2.06. The van der Waals surface area contributed by atoms with Gasteiger partial charge in [-0.2, -0.15) is 0 Å². The average molecular weight is 471 g/mol. The van der Waals surface area contributed by atoms with Crippen molar-refractivity contribution in [3.05, 3.63) is 0 Å². The molecule has 0 unspecified atom stereocenters. The topological polar surface area (TPSA) is 128 Å². The first-order chi connectivity index (χ1) is 15.6. The van der Waals surface area contributed by atoms with Crippen LogP contribution in [0.3, 0.4) is 0 Å². The molecule has 0 bridgehead atoms. The van der Waals surface area contributed by atoms with E-state index in [1.807, 2.05) is 0 Å². The number of rotatable bonds is 22. The van der Waals surface area contributed by atoms with Gasteiger partial charge in [0.15, 0.2) is 0 Å². The average Bonchev–Trinajstić information content (AvgIpc) is 2.78. The van der Waals surface area contributed by atoms with E-state index in [4.69, 9.17) is 33.5 Å².